The molecule has 3 rings (SSSR count). The third-order valence-corrected chi connectivity index (χ3v) is 4.89. The van der Waals surface area contributed by atoms with Crippen molar-refractivity contribution < 1.29 is 19.1 Å². The number of carbonyl (C=O) groups is 3. The molecule has 6 nitrogen and oxygen atoms in total. The Bertz CT molecular complexity index is 864. The molecule has 0 saturated carbocycles. The monoisotopic (exact) mass is 394 g/mol. The number of ether oxygens (including phenoxy) is 1. The standard InChI is InChI=1S/C23H26N2O4/c1-3-14-29-19-12-10-18(11-13-19)25-22(27)15-20(23(25)28)24(21(26)4-2)16-17-8-6-5-7-9-17/h5-13,20H,3-4,14-16H2,1-2H3/t20-/m0/s1. The highest BCUT2D eigenvalue weighted by atomic mass is 16.5. The maximum absolute atomic E-state index is 13.1. The lowest BCUT2D eigenvalue weighted by atomic mass is 10.1. The fraction of sp³-hybridized carbons (Fsp3) is 0.348. The Hall–Kier alpha value is -3.15. The molecular formula is C23H26N2O4. The van der Waals surface area contributed by atoms with Gasteiger partial charge in [-0.25, -0.2) is 4.90 Å². The Labute approximate surface area is 171 Å². The summed E-state index contributed by atoms with van der Waals surface area (Å²) in [4.78, 5) is 41.0. The van der Waals surface area contributed by atoms with Crippen molar-refractivity contribution in [3.05, 3.63) is 60.2 Å². The Morgan fingerprint density at radius 1 is 1.07 bits per heavy atom. The molecule has 6 heteroatoms. The van der Waals surface area contributed by atoms with Crippen LogP contribution < -0.4 is 9.64 Å². The lowest BCUT2D eigenvalue weighted by Crippen LogP contribution is -2.44. The van der Waals surface area contributed by atoms with Gasteiger partial charge in [-0.3, -0.25) is 14.4 Å². The third-order valence-electron chi connectivity index (χ3n) is 4.89. The van der Waals surface area contributed by atoms with Crippen molar-refractivity contribution in [2.45, 2.75) is 45.7 Å². The number of carbonyl (C=O) groups excluding carboxylic acids is 3. The molecular weight excluding hydrogens is 368 g/mol. The van der Waals surface area contributed by atoms with E-state index in [1.807, 2.05) is 37.3 Å². The fourth-order valence-corrected chi connectivity index (χ4v) is 3.40. The van der Waals surface area contributed by atoms with E-state index in [-0.39, 0.29) is 30.6 Å². The molecule has 29 heavy (non-hydrogen) atoms. The maximum Gasteiger partial charge on any atom is 0.257 e. The van der Waals surface area contributed by atoms with Crippen LogP contribution >= 0.6 is 0 Å². The van der Waals surface area contributed by atoms with Gasteiger partial charge in [0.05, 0.1) is 18.7 Å². The molecule has 0 spiro atoms. The number of rotatable bonds is 8. The van der Waals surface area contributed by atoms with E-state index in [1.165, 1.54) is 9.80 Å². The second kappa shape index (κ2) is 9.37. The zero-order valence-corrected chi connectivity index (χ0v) is 16.8. The second-order valence-electron chi connectivity index (χ2n) is 6.99. The normalized spacial score (nSPS) is 16.2. The third kappa shape index (κ3) is 4.65. The number of imide groups is 1. The van der Waals surface area contributed by atoms with Gasteiger partial charge in [0, 0.05) is 13.0 Å². The Kier molecular flexibility index (Phi) is 6.65. The predicted octanol–water partition coefficient (Wildman–Crippen LogP) is 3.55. The molecule has 2 aromatic rings. The summed E-state index contributed by atoms with van der Waals surface area (Å²) in [5.74, 6) is -0.123. The van der Waals surface area contributed by atoms with Crippen molar-refractivity contribution in [3.63, 3.8) is 0 Å². The minimum atomic E-state index is -0.786. The molecule has 2 aromatic carbocycles. The largest absolute Gasteiger partial charge is 0.494 e. The van der Waals surface area contributed by atoms with E-state index < -0.39 is 6.04 Å². The van der Waals surface area contributed by atoms with Crippen molar-refractivity contribution in [2.75, 3.05) is 11.5 Å². The first-order valence-corrected chi connectivity index (χ1v) is 9.98. The fourth-order valence-electron chi connectivity index (χ4n) is 3.40. The molecule has 0 unspecified atom stereocenters. The summed E-state index contributed by atoms with van der Waals surface area (Å²) in [5, 5.41) is 0. The summed E-state index contributed by atoms with van der Waals surface area (Å²) in [5.41, 5.74) is 1.42. The molecule has 1 aliphatic rings. The van der Waals surface area contributed by atoms with Crippen LogP contribution in [0.3, 0.4) is 0 Å². The van der Waals surface area contributed by atoms with Gasteiger partial charge in [-0.05, 0) is 36.2 Å². The van der Waals surface area contributed by atoms with Gasteiger partial charge < -0.3 is 9.64 Å². The molecule has 3 amide bonds. The molecule has 1 aliphatic heterocycles. The Morgan fingerprint density at radius 3 is 2.38 bits per heavy atom. The van der Waals surface area contributed by atoms with Crippen LogP contribution in [0.25, 0.3) is 0 Å². The zero-order chi connectivity index (χ0) is 20.8. The van der Waals surface area contributed by atoms with Crippen LogP contribution in [0.1, 0.15) is 38.7 Å². The van der Waals surface area contributed by atoms with E-state index in [1.54, 1.807) is 31.2 Å². The molecule has 1 atom stereocenters. The summed E-state index contributed by atoms with van der Waals surface area (Å²) >= 11 is 0. The van der Waals surface area contributed by atoms with Crippen molar-refractivity contribution >= 4 is 23.4 Å². The molecule has 0 aromatic heterocycles. The zero-order valence-electron chi connectivity index (χ0n) is 16.8. The first-order valence-electron chi connectivity index (χ1n) is 9.98. The summed E-state index contributed by atoms with van der Waals surface area (Å²) in [6.45, 7) is 4.69. The number of hydrogen-bond acceptors (Lipinski definition) is 4. The average molecular weight is 394 g/mol. The molecule has 0 N–H and O–H groups in total. The number of hydrogen-bond donors (Lipinski definition) is 0. The van der Waals surface area contributed by atoms with Crippen LogP contribution in [0.5, 0.6) is 5.75 Å². The van der Waals surface area contributed by atoms with E-state index in [0.717, 1.165) is 12.0 Å². The lowest BCUT2D eigenvalue weighted by molar-refractivity contribution is -0.138. The molecule has 1 heterocycles. The summed E-state index contributed by atoms with van der Waals surface area (Å²) in [6, 6.07) is 15.6. The maximum atomic E-state index is 13.1. The van der Waals surface area contributed by atoms with Crippen molar-refractivity contribution in [1.29, 1.82) is 0 Å². The lowest BCUT2D eigenvalue weighted by Gasteiger charge is -2.27. The van der Waals surface area contributed by atoms with Crippen LogP contribution in [0.15, 0.2) is 54.6 Å². The quantitative estimate of drug-likeness (QED) is 0.642. The van der Waals surface area contributed by atoms with Gasteiger partial charge in [0.15, 0.2) is 0 Å². The molecule has 0 radical (unpaired) electrons. The highest BCUT2D eigenvalue weighted by Gasteiger charge is 2.44. The van der Waals surface area contributed by atoms with E-state index >= 15 is 0 Å². The van der Waals surface area contributed by atoms with E-state index in [0.29, 0.717) is 24.6 Å². The van der Waals surface area contributed by atoms with Crippen molar-refractivity contribution in [1.82, 2.24) is 4.90 Å². The summed E-state index contributed by atoms with van der Waals surface area (Å²) < 4.78 is 5.56. The average Bonchev–Trinajstić information content (AvgIpc) is 3.04. The van der Waals surface area contributed by atoms with Gasteiger partial charge >= 0.3 is 0 Å². The van der Waals surface area contributed by atoms with Crippen LogP contribution in [-0.2, 0) is 20.9 Å². The summed E-state index contributed by atoms with van der Waals surface area (Å²) in [6.07, 6.45) is 1.16. The molecule has 1 saturated heterocycles. The Balaban J connectivity index is 1.80. The number of nitrogens with zero attached hydrogens (tertiary/aromatic N) is 2. The second-order valence-corrected chi connectivity index (χ2v) is 6.99. The van der Waals surface area contributed by atoms with Gasteiger partial charge in [0.2, 0.25) is 11.8 Å². The van der Waals surface area contributed by atoms with Crippen LogP contribution in [0, 0.1) is 0 Å². The van der Waals surface area contributed by atoms with Crippen molar-refractivity contribution in [3.8, 4) is 5.75 Å². The molecule has 0 aliphatic carbocycles. The highest BCUT2D eigenvalue weighted by molar-refractivity contribution is 6.23. The van der Waals surface area contributed by atoms with Gasteiger partial charge in [-0.2, -0.15) is 0 Å². The smallest absolute Gasteiger partial charge is 0.257 e. The molecule has 1 fully saturated rings. The van der Waals surface area contributed by atoms with E-state index in [9.17, 15) is 14.4 Å². The number of benzene rings is 2. The van der Waals surface area contributed by atoms with Gasteiger partial charge in [-0.1, -0.05) is 44.2 Å². The van der Waals surface area contributed by atoms with E-state index in [2.05, 4.69) is 0 Å². The van der Waals surface area contributed by atoms with Crippen molar-refractivity contribution in [2.24, 2.45) is 0 Å². The van der Waals surface area contributed by atoms with Crippen LogP contribution in [-0.4, -0.2) is 35.3 Å². The predicted molar refractivity (Wildman–Crippen MR) is 110 cm³/mol. The Morgan fingerprint density at radius 2 is 1.76 bits per heavy atom. The minimum Gasteiger partial charge on any atom is -0.494 e. The van der Waals surface area contributed by atoms with Crippen LogP contribution in [0.2, 0.25) is 0 Å². The molecule has 152 valence electrons. The first-order chi connectivity index (χ1) is 14.0. The van der Waals surface area contributed by atoms with Gasteiger partial charge in [0.25, 0.3) is 5.91 Å². The van der Waals surface area contributed by atoms with Crippen LogP contribution in [0.4, 0.5) is 5.69 Å². The summed E-state index contributed by atoms with van der Waals surface area (Å²) in [7, 11) is 0. The molecule has 0 bridgehead atoms. The van der Waals surface area contributed by atoms with Gasteiger partial charge in [-0.15, -0.1) is 0 Å². The first kappa shape index (κ1) is 20.6. The van der Waals surface area contributed by atoms with Gasteiger partial charge in [0.1, 0.15) is 11.8 Å². The number of amides is 3. The topological polar surface area (TPSA) is 66.9 Å². The highest BCUT2D eigenvalue weighted by Crippen LogP contribution is 2.28. The number of anilines is 1. The SMILES string of the molecule is CCCOc1ccc(N2C(=O)C[C@H](N(Cc3ccccc3)C(=O)CC)C2=O)cc1. The minimum absolute atomic E-state index is 0.00844. The van der Waals surface area contributed by atoms with E-state index in [4.69, 9.17) is 4.74 Å².